The number of nitrogens with one attached hydrogen (secondary N) is 1. The first-order valence-corrected chi connectivity index (χ1v) is 13.9. The molecule has 14 heteroatoms. The summed E-state index contributed by atoms with van der Waals surface area (Å²) in [5.41, 5.74) is -0.990. The Morgan fingerprint density at radius 2 is 1.65 bits per heavy atom. The van der Waals surface area contributed by atoms with Crippen molar-refractivity contribution in [2.45, 2.75) is 35.3 Å². The van der Waals surface area contributed by atoms with Crippen LogP contribution in [0, 0.1) is 5.82 Å². The summed E-state index contributed by atoms with van der Waals surface area (Å²) in [6, 6.07) is 14.5. The van der Waals surface area contributed by atoms with Crippen LogP contribution in [0.15, 0.2) is 70.7 Å². The number of alkyl halides is 3. The van der Waals surface area contributed by atoms with Crippen molar-refractivity contribution in [1.82, 2.24) is 5.32 Å². The fourth-order valence-corrected chi connectivity index (χ4v) is 5.70. The maximum atomic E-state index is 14.1. The van der Waals surface area contributed by atoms with Gasteiger partial charge in [0.25, 0.3) is 15.7 Å². The van der Waals surface area contributed by atoms with Crippen LogP contribution in [0.4, 0.5) is 17.6 Å². The number of halogens is 6. The monoisotopic (exact) mass is 618 g/mol. The molecule has 1 atom stereocenters. The van der Waals surface area contributed by atoms with Gasteiger partial charge >= 0.3 is 6.18 Å². The summed E-state index contributed by atoms with van der Waals surface area (Å²) in [7, 11) is -4.00. The van der Waals surface area contributed by atoms with Gasteiger partial charge in [-0.15, -0.1) is 0 Å². The van der Waals surface area contributed by atoms with E-state index in [0.717, 1.165) is 23.3 Å². The molecular formula is C26H20Cl2F4N2O5S. The summed E-state index contributed by atoms with van der Waals surface area (Å²) < 4.78 is 91.3. The summed E-state index contributed by atoms with van der Waals surface area (Å²) in [5.74, 6) is -0.989. The van der Waals surface area contributed by atoms with E-state index in [4.69, 9.17) is 37.3 Å². The number of benzene rings is 3. The second-order valence-electron chi connectivity index (χ2n) is 9.43. The summed E-state index contributed by atoms with van der Waals surface area (Å²) in [6.45, 7) is 1.78. The van der Waals surface area contributed by atoms with Crippen molar-refractivity contribution in [2.24, 2.45) is 5.16 Å². The molecule has 3 aromatic carbocycles. The van der Waals surface area contributed by atoms with E-state index < -0.39 is 49.7 Å². The van der Waals surface area contributed by atoms with Gasteiger partial charge in [-0.3, -0.25) is 4.55 Å². The van der Waals surface area contributed by atoms with Crippen molar-refractivity contribution in [2.75, 3.05) is 13.1 Å². The standard InChI is InChI=1S/C20H14Cl2F4N2O2.C6H6O3S/c21-14-4-12(5-15(22)17(14)23)19(20(24,25)26)6-16(28-30-19)10-1-2-13-11(3-10)7-29-18(13)8-27-9-18;7-10(8,9)6-4-2-1-3-5-6/h1-5,27H,6-9H2;1-5H,(H,7,8,9)/t19-;/m0./s1. The van der Waals surface area contributed by atoms with Gasteiger partial charge in [0, 0.05) is 25.1 Å². The van der Waals surface area contributed by atoms with Crippen LogP contribution in [-0.2, 0) is 37.5 Å². The Hall–Kier alpha value is -2.74. The molecule has 0 aliphatic carbocycles. The molecule has 0 aromatic heterocycles. The molecule has 0 bridgehead atoms. The SMILES string of the molecule is Fc1c(Cl)cc([C@]2(C(F)(F)F)CC(c3ccc4c(c3)COC43CNC3)=NO2)cc1Cl.O=S(=O)(O)c1ccccc1. The first-order chi connectivity index (χ1) is 18.8. The number of oxime groups is 1. The molecule has 7 nitrogen and oxygen atoms in total. The number of hydrogen-bond acceptors (Lipinski definition) is 6. The van der Waals surface area contributed by atoms with E-state index in [9.17, 15) is 26.0 Å². The third-order valence-corrected chi connectivity index (χ3v) is 8.35. The van der Waals surface area contributed by atoms with Crippen LogP contribution in [0.5, 0.6) is 0 Å². The molecule has 3 heterocycles. The van der Waals surface area contributed by atoms with E-state index in [1.54, 1.807) is 30.3 Å². The van der Waals surface area contributed by atoms with Gasteiger partial charge in [-0.2, -0.15) is 21.6 Å². The minimum Gasteiger partial charge on any atom is -0.374 e. The second-order valence-corrected chi connectivity index (χ2v) is 11.7. The zero-order valence-electron chi connectivity index (χ0n) is 20.3. The highest BCUT2D eigenvalue weighted by atomic mass is 35.5. The molecule has 1 spiro atoms. The second kappa shape index (κ2) is 10.3. The largest absolute Gasteiger partial charge is 0.435 e. The number of nitrogens with zero attached hydrogens (tertiary/aromatic N) is 1. The molecule has 1 fully saturated rings. The maximum Gasteiger partial charge on any atom is 0.435 e. The Morgan fingerprint density at radius 1 is 1.00 bits per heavy atom. The normalized spacial score (nSPS) is 21.1. The first kappa shape index (κ1) is 28.8. The molecule has 0 saturated carbocycles. The molecule has 6 rings (SSSR count). The van der Waals surface area contributed by atoms with Gasteiger partial charge in [0.2, 0.25) is 0 Å². The van der Waals surface area contributed by atoms with E-state index in [2.05, 4.69) is 10.5 Å². The lowest BCUT2D eigenvalue weighted by Crippen LogP contribution is -2.56. The quantitative estimate of drug-likeness (QED) is 0.213. The van der Waals surface area contributed by atoms with Crippen molar-refractivity contribution in [3.63, 3.8) is 0 Å². The van der Waals surface area contributed by atoms with Crippen LogP contribution in [0.25, 0.3) is 0 Å². The highest BCUT2D eigenvalue weighted by molar-refractivity contribution is 7.85. The topological polar surface area (TPSA) is 97.2 Å². The molecule has 3 aliphatic heterocycles. The number of rotatable bonds is 3. The fourth-order valence-electron chi connectivity index (χ4n) is 4.72. The minimum atomic E-state index is -4.84. The average molecular weight is 619 g/mol. The molecule has 40 heavy (non-hydrogen) atoms. The van der Waals surface area contributed by atoms with Gasteiger partial charge in [-0.05, 0) is 47.0 Å². The van der Waals surface area contributed by atoms with Crippen LogP contribution in [0.1, 0.15) is 28.7 Å². The lowest BCUT2D eigenvalue weighted by Gasteiger charge is -2.39. The van der Waals surface area contributed by atoms with Crippen molar-refractivity contribution < 1.29 is 40.1 Å². The highest BCUT2D eigenvalue weighted by Crippen LogP contribution is 2.50. The molecule has 212 valence electrons. The van der Waals surface area contributed by atoms with E-state index >= 15 is 0 Å². The zero-order chi connectivity index (χ0) is 28.9. The van der Waals surface area contributed by atoms with Gasteiger partial charge in [0.15, 0.2) is 5.82 Å². The van der Waals surface area contributed by atoms with Crippen molar-refractivity contribution >= 4 is 39.0 Å². The Balaban J connectivity index is 0.000000274. The number of fused-ring (bicyclic) bond motifs is 2. The summed E-state index contributed by atoms with van der Waals surface area (Å²) >= 11 is 11.5. The van der Waals surface area contributed by atoms with E-state index in [-0.39, 0.29) is 16.2 Å². The third-order valence-electron chi connectivity index (χ3n) is 6.93. The van der Waals surface area contributed by atoms with Crippen LogP contribution < -0.4 is 5.32 Å². The lowest BCUT2D eigenvalue weighted by atomic mass is 9.84. The Morgan fingerprint density at radius 3 is 2.17 bits per heavy atom. The van der Waals surface area contributed by atoms with Crippen LogP contribution in [0.3, 0.4) is 0 Å². The van der Waals surface area contributed by atoms with E-state index in [0.29, 0.717) is 25.3 Å². The predicted octanol–water partition coefficient (Wildman–Crippen LogP) is 5.98. The minimum absolute atomic E-state index is 0.0741. The Labute approximate surface area is 236 Å². The van der Waals surface area contributed by atoms with Gasteiger partial charge in [-0.25, -0.2) is 4.39 Å². The third kappa shape index (κ3) is 5.08. The van der Waals surface area contributed by atoms with Gasteiger partial charge in [0.05, 0.1) is 27.3 Å². The molecule has 2 N–H and O–H groups in total. The van der Waals surface area contributed by atoms with Crippen molar-refractivity contribution in [1.29, 1.82) is 0 Å². The van der Waals surface area contributed by atoms with Gasteiger partial charge in [-0.1, -0.05) is 58.7 Å². The molecular weight excluding hydrogens is 599 g/mol. The van der Waals surface area contributed by atoms with Crippen LogP contribution in [-0.4, -0.2) is 37.9 Å². The molecule has 0 unspecified atom stereocenters. The Bertz CT molecular complexity index is 1580. The first-order valence-electron chi connectivity index (χ1n) is 11.7. The number of hydrogen-bond donors (Lipinski definition) is 2. The maximum absolute atomic E-state index is 14.1. The van der Waals surface area contributed by atoms with Crippen molar-refractivity contribution in [3.8, 4) is 0 Å². The lowest BCUT2D eigenvalue weighted by molar-refractivity contribution is -0.275. The van der Waals surface area contributed by atoms with Crippen molar-refractivity contribution in [3.05, 3.63) is 98.8 Å². The summed E-state index contributed by atoms with van der Waals surface area (Å²) in [6.07, 6.45) is -5.44. The summed E-state index contributed by atoms with van der Waals surface area (Å²) in [5, 5.41) is 5.87. The number of ether oxygens (including phenoxy) is 1. The molecule has 0 radical (unpaired) electrons. The molecule has 3 aromatic rings. The fraction of sp³-hybridized carbons (Fsp3) is 0.269. The molecule has 0 amide bonds. The molecule has 1 saturated heterocycles. The predicted molar refractivity (Wildman–Crippen MR) is 138 cm³/mol. The smallest absolute Gasteiger partial charge is 0.374 e. The zero-order valence-corrected chi connectivity index (χ0v) is 22.6. The van der Waals surface area contributed by atoms with Gasteiger partial charge < -0.3 is 14.9 Å². The average Bonchev–Trinajstić information content (AvgIpc) is 3.50. The molecule has 3 aliphatic rings. The highest BCUT2D eigenvalue weighted by Gasteiger charge is 2.62. The Kier molecular flexibility index (Phi) is 7.39. The van der Waals surface area contributed by atoms with E-state index in [1.165, 1.54) is 12.1 Å². The van der Waals surface area contributed by atoms with Crippen LogP contribution >= 0.6 is 23.2 Å². The summed E-state index contributed by atoms with van der Waals surface area (Å²) in [4.78, 5) is 4.91. The van der Waals surface area contributed by atoms with Crippen LogP contribution in [0.2, 0.25) is 10.0 Å². The van der Waals surface area contributed by atoms with Gasteiger partial charge in [0.1, 0.15) is 5.60 Å². The van der Waals surface area contributed by atoms with E-state index in [1.807, 2.05) is 6.07 Å².